The second-order valence-electron chi connectivity index (χ2n) is 8.46. The Bertz CT molecular complexity index is 1050. The molecule has 4 N–H and O–H groups in total. The molecule has 1 atom stereocenters. The summed E-state index contributed by atoms with van der Waals surface area (Å²) in [4.78, 5) is 52.4. The molecule has 10 heteroatoms. The van der Waals surface area contributed by atoms with Crippen molar-refractivity contribution in [3.8, 4) is 0 Å². The molecule has 3 rings (SSSR count). The lowest BCUT2D eigenvalue weighted by molar-refractivity contribution is -0.120. The molecule has 0 radical (unpaired) electrons. The van der Waals surface area contributed by atoms with Crippen LogP contribution in [0.3, 0.4) is 0 Å². The highest BCUT2D eigenvalue weighted by atomic mass is 16.2. The third kappa shape index (κ3) is 7.36. The van der Waals surface area contributed by atoms with E-state index < -0.39 is 0 Å². The van der Waals surface area contributed by atoms with Gasteiger partial charge in [0.1, 0.15) is 0 Å². The van der Waals surface area contributed by atoms with Gasteiger partial charge in [-0.05, 0) is 55.5 Å². The largest absolute Gasteiger partial charge is 0.355 e. The van der Waals surface area contributed by atoms with Gasteiger partial charge >= 0.3 is 0 Å². The summed E-state index contributed by atoms with van der Waals surface area (Å²) in [5.74, 6) is -0.614. The van der Waals surface area contributed by atoms with Gasteiger partial charge in [-0.15, -0.1) is 0 Å². The van der Waals surface area contributed by atoms with Crippen LogP contribution in [0.15, 0.2) is 48.5 Å². The van der Waals surface area contributed by atoms with Crippen LogP contribution in [-0.2, 0) is 9.59 Å². The first-order valence-electron chi connectivity index (χ1n) is 11.5. The molecule has 0 bridgehead atoms. The van der Waals surface area contributed by atoms with Crippen LogP contribution in [0.2, 0.25) is 0 Å². The van der Waals surface area contributed by atoms with Crippen molar-refractivity contribution in [3.05, 3.63) is 59.7 Å². The zero-order valence-electron chi connectivity index (χ0n) is 20.3. The Labute approximate surface area is 205 Å². The van der Waals surface area contributed by atoms with Gasteiger partial charge in [-0.25, -0.2) is 0 Å². The molecule has 1 unspecified atom stereocenters. The van der Waals surface area contributed by atoms with Crippen LogP contribution in [0.1, 0.15) is 27.6 Å². The maximum atomic E-state index is 12.5. The highest BCUT2D eigenvalue weighted by Crippen LogP contribution is 2.13. The van der Waals surface area contributed by atoms with Gasteiger partial charge < -0.3 is 21.3 Å². The van der Waals surface area contributed by atoms with Gasteiger partial charge in [0.05, 0.1) is 13.1 Å². The first kappa shape index (κ1) is 25.9. The Morgan fingerprint density at radius 3 is 1.63 bits per heavy atom. The molecule has 1 aliphatic rings. The lowest BCUT2D eigenvalue weighted by Crippen LogP contribution is -2.54. The molecule has 2 aromatic rings. The van der Waals surface area contributed by atoms with Crippen molar-refractivity contribution in [3.63, 3.8) is 0 Å². The molecule has 0 saturated carbocycles. The van der Waals surface area contributed by atoms with Crippen molar-refractivity contribution >= 4 is 35.0 Å². The van der Waals surface area contributed by atoms with Crippen molar-refractivity contribution in [2.24, 2.45) is 0 Å². The summed E-state index contributed by atoms with van der Waals surface area (Å²) in [5.41, 5.74) is 2.32. The Morgan fingerprint density at radius 1 is 0.743 bits per heavy atom. The van der Waals surface area contributed by atoms with E-state index in [1.807, 2.05) is 6.92 Å². The van der Waals surface area contributed by atoms with Crippen LogP contribution in [0.25, 0.3) is 0 Å². The molecule has 0 aromatic heterocycles. The molecule has 186 valence electrons. The van der Waals surface area contributed by atoms with Gasteiger partial charge in [-0.2, -0.15) is 0 Å². The van der Waals surface area contributed by atoms with Crippen LogP contribution in [0, 0.1) is 0 Å². The molecule has 0 spiro atoms. The van der Waals surface area contributed by atoms with Crippen LogP contribution in [0.4, 0.5) is 11.4 Å². The summed E-state index contributed by atoms with van der Waals surface area (Å²) in [5, 5.41) is 10.8. The van der Waals surface area contributed by atoms with Gasteiger partial charge in [-0.3, -0.25) is 29.0 Å². The number of nitrogens with zero attached hydrogens (tertiary/aromatic N) is 2. The topological polar surface area (TPSA) is 123 Å². The maximum absolute atomic E-state index is 12.5. The minimum atomic E-state index is -0.179. The van der Waals surface area contributed by atoms with E-state index in [2.05, 4.69) is 31.1 Å². The fourth-order valence-corrected chi connectivity index (χ4v) is 3.94. The van der Waals surface area contributed by atoms with Gasteiger partial charge in [-0.1, -0.05) is 0 Å². The first-order valence-corrected chi connectivity index (χ1v) is 11.5. The minimum Gasteiger partial charge on any atom is -0.355 e. The predicted molar refractivity (Wildman–Crippen MR) is 134 cm³/mol. The number of carbonyl (C=O) groups is 4. The number of carbonyl (C=O) groups excluding carboxylic acids is 4. The average Bonchev–Trinajstić information content (AvgIpc) is 2.85. The second-order valence-corrected chi connectivity index (χ2v) is 8.46. The number of rotatable bonds is 8. The highest BCUT2D eigenvalue weighted by Gasteiger charge is 2.26. The van der Waals surface area contributed by atoms with Crippen LogP contribution >= 0.6 is 0 Å². The number of benzene rings is 2. The molecular formula is C25H32N6O4. The zero-order valence-corrected chi connectivity index (χ0v) is 20.3. The molecule has 4 amide bonds. The zero-order chi connectivity index (χ0) is 25.4. The lowest BCUT2D eigenvalue weighted by atomic mass is 10.1. The number of hydrogen-bond donors (Lipinski definition) is 4. The summed E-state index contributed by atoms with van der Waals surface area (Å²) in [6.45, 7) is 4.53. The number of hydrogen-bond acceptors (Lipinski definition) is 6. The Kier molecular flexibility index (Phi) is 8.93. The van der Waals surface area contributed by atoms with E-state index in [1.165, 1.54) is 0 Å². The molecular weight excluding hydrogens is 448 g/mol. The van der Waals surface area contributed by atoms with Gasteiger partial charge in [0.15, 0.2) is 0 Å². The minimum absolute atomic E-state index is 0.102. The third-order valence-electron chi connectivity index (χ3n) is 5.88. The fraction of sp³-hybridized carbons (Fsp3) is 0.360. The monoisotopic (exact) mass is 480 g/mol. The molecule has 0 aliphatic carbocycles. The summed E-state index contributed by atoms with van der Waals surface area (Å²) in [6, 6.07) is 13.6. The smallest absolute Gasteiger partial charge is 0.251 e. The van der Waals surface area contributed by atoms with Crippen LogP contribution in [-0.4, -0.2) is 86.3 Å². The molecule has 1 heterocycles. The molecule has 1 saturated heterocycles. The molecule has 10 nitrogen and oxygen atoms in total. The van der Waals surface area contributed by atoms with E-state index in [1.54, 1.807) is 62.6 Å². The third-order valence-corrected chi connectivity index (χ3v) is 5.88. The van der Waals surface area contributed by atoms with Crippen molar-refractivity contribution in [2.75, 3.05) is 57.5 Å². The second kappa shape index (κ2) is 12.1. The number of nitrogens with one attached hydrogen (secondary N) is 4. The Morgan fingerprint density at radius 2 is 1.20 bits per heavy atom. The van der Waals surface area contributed by atoms with Crippen molar-refractivity contribution in [1.29, 1.82) is 0 Å². The predicted octanol–water partition coefficient (Wildman–Crippen LogP) is 0.989. The number of anilines is 2. The molecule has 1 fully saturated rings. The van der Waals surface area contributed by atoms with E-state index in [9.17, 15) is 19.2 Å². The standard InChI is InChI=1S/C25H32N6O4/c1-17-14-30(15-22(32)28-20-8-4-18(5-9-20)24(34)26-2)12-13-31(17)16-23(33)29-21-10-6-19(7-11-21)25(35)27-3/h4-11,17H,12-16H2,1-3H3,(H,26,34)(H,27,35)(H,28,32)(H,29,33). The number of amides is 4. The summed E-state index contributed by atoms with van der Waals surface area (Å²) < 4.78 is 0. The van der Waals surface area contributed by atoms with Gasteiger partial charge in [0, 0.05) is 62.3 Å². The van der Waals surface area contributed by atoms with Gasteiger partial charge in [0.25, 0.3) is 11.8 Å². The number of piperazine rings is 1. The van der Waals surface area contributed by atoms with E-state index in [0.29, 0.717) is 42.1 Å². The van der Waals surface area contributed by atoms with Gasteiger partial charge in [0.2, 0.25) is 11.8 Å². The van der Waals surface area contributed by atoms with Crippen molar-refractivity contribution in [2.45, 2.75) is 13.0 Å². The van der Waals surface area contributed by atoms with Crippen molar-refractivity contribution < 1.29 is 19.2 Å². The van der Waals surface area contributed by atoms with E-state index >= 15 is 0 Å². The quantitative estimate of drug-likeness (QED) is 0.447. The van der Waals surface area contributed by atoms with Crippen LogP contribution in [0.5, 0.6) is 0 Å². The van der Waals surface area contributed by atoms with E-state index in [0.717, 1.165) is 0 Å². The van der Waals surface area contributed by atoms with Crippen LogP contribution < -0.4 is 21.3 Å². The molecule has 2 aromatic carbocycles. The maximum Gasteiger partial charge on any atom is 0.251 e. The molecule has 35 heavy (non-hydrogen) atoms. The Balaban J connectivity index is 1.43. The van der Waals surface area contributed by atoms with E-state index in [4.69, 9.17) is 0 Å². The van der Waals surface area contributed by atoms with E-state index in [-0.39, 0.29) is 42.8 Å². The first-order chi connectivity index (χ1) is 16.8. The average molecular weight is 481 g/mol. The fourth-order valence-electron chi connectivity index (χ4n) is 3.94. The molecule has 1 aliphatic heterocycles. The van der Waals surface area contributed by atoms with Crippen molar-refractivity contribution in [1.82, 2.24) is 20.4 Å². The normalized spacial score (nSPS) is 16.3. The lowest BCUT2D eigenvalue weighted by Gasteiger charge is -2.39. The highest BCUT2D eigenvalue weighted by molar-refractivity contribution is 5.97. The Hall–Kier alpha value is -3.76. The SMILES string of the molecule is CNC(=O)c1ccc(NC(=O)CN2CCN(CC(=O)Nc3ccc(C(=O)NC)cc3)C(C)C2)cc1. The summed E-state index contributed by atoms with van der Waals surface area (Å²) in [6.07, 6.45) is 0. The summed E-state index contributed by atoms with van der Waals surface area (Å²) >= 11 is 0. The summed E-state index contributed by atoms with van der Waals surface area (Å²) in [7, 11) is 3.14.